The maximum Gasteiger partial charge on any atom is 0.435 e. The van der Waals surface area contributed by atoms with Gasteiger partial charge < -0.3 is 15.0 Å². The van der Waals surface area contributed by atoms with Crippen LogP contribution in [0.5, 0.6) is 5.88 Å². The van der Waals surface area contributed by atoms with Crippen LogP contribution < -0.4 is 10.5 Å². The molecule has 0 saturated heterocycles. The molecule has 0 aliphatic rings. The molecule has 3 aromatic rings. The number of rotatable bonds is 4. The predicted molar refractivity (Wildman–Crippen MR) is 83.6 cm³/mol. The summed E-state index contributed by atoms with van der Waals surface area (Å²) >= 11 is 0. The van der Waals surface area contributed by atoms with Gasteiger partial charge in [0.15, 0.2) is 17.3 Å². The van der Waals surface area contributed by atoms with Crippen molar-refractivity contribution >= 4 is 5.91 Å². The number of methoxy groups -OCH3 is 1. The van der Waals surface area contributed by atoms with Crippen LogP contribution in [0.3, 0.4) is 0 Å². The fourth-order valence-electron chi connectivity index (χ4n) is 2.42. The largest absolute Gasteiger partial charge is 0.481 e. The molecule has 3 heterocycles. The van der Waals surface area contributed by atoms with E-state index in [1.807, 2.05) is 0 Å². The first-order chi connectivity index (χ1) is 12.2. The van der Waals surface area contributed by atoms with Crippen LogP contribution in [0, 0.1) is 0 Å². The molecular formula is C15H13F3N6O2. The topological polar surface area (TPSA) is 101 Å². The molecule has 0 saturated carbocycles. The monoisotopic (exact) mass is 366 g/mol. The number of imidazole rings is 1. The molecule has 0 fully saturated rings. The minimum absolute atomic E-state index is 0.0419. The number of aromatic nitrogens is 5. The maximum absolute atomic E-state index is 13.5. The lowest BCUT2D eigenvalue weighted by Crippen LogP contribution is -2.17. The molecule has 0 atom stereocenters. The van der Waals surface area contributed by atoms with Crippen molar-refractivity contribution in [2.75, 3.05) is 7.11 Å². The van der Waals surface area contributed by atoms with E-state index in [-0.39, 0.29) is 28.8 Å². The van der Waals surface area contributed by atoms with Gasteiger partial charge in [0, 0.05) is 19.3 Å². The Morgan fingerprint density at radius 3 is 2.62 bits per heavy atom. The summed E-state index contributed by atoms with van der Waals surface area (Å²) < 4.78 is 47.5. The second-order valence-corrected chi connectivity index (χ2v) is 5.26. The number of primary amides is 1. The fourth-order valence-corrected chi connectivity index (χ4v) is 2.42. The summed E-state index contributed by atoms with van der Waals surface area (Å²) in [6.45, 7) is 0. The Hall–Kier alpha value is -3.37. The van der Waals surface area contributed by atoms with Gasteiger partial charge >= 0.3 is 6.18 Å². The third kappa shape index (κ3) is 2.98. The molecule has 0 spiro atoms. The Morgan fingerprint density at radius 2 is 2.04 bits per heavy atom. The fraction of sp³-hybridized carbons (Fsp3) is 0.200. The number of hydrogen-bond acceptors (Lipinski definition) is 5. The highest BCUT2D eigenvalue weighted by Gasteiger charge is 2.38. The van der Waals surface area contributed by atoms with Crippen molar-refractivity contribution in [3.05, 3.63) is 42.1 Å². The molecule has 3 rings (SSSR count). The molecule has 0 unspecified atom stereocenters. The van der Waals surface area contributed by atoms with Crippen molar-refractivity contribution in [1.29, 1.82) is 0 Å². The molecule has 2 N–H and O–H groups in total. The molecule has 8 nitrogen and oxygen atoms in total. The molecule has 136 valence electrons. The zero-order valence-electron chi connectivity index (χ0n) is 13.7. The summed E-state index contributed by atoms with van der Waals surface area (Å²) in [5.74, 6) is -0.655. The van der Waals surface area contributed by atoms with Crippen LogP contribution in [0.25, 0.3) is 17.1 Å². The highest BCUT2D eigenvalue weighted by Crippen LogP contribution is 2.36. The van der Waals surface area contributed by atoms with Crippen LogP contribution in [0.4, 0.5) is 13.2 Å². The number of carbonyl (C=O) groups is 1. The average molecular weight is 366 g/mol. The first kappa shape index (κ1) is 17.5. The van der Waals surface area contributed by atoms with Crippen LogP contribution in [0.1, 0.15) is 16.3 Å². The Bertz CT molecular complexity index is 976. The second-order valence-electron chi connectivity index (χ2n) is 5.26. The molecule has 0 aromatic carbocycles. The third-order valence-corrected chi connectivity index (χ3v) is 3.62. The number of alkyl halides is 3. The smallest absolute Gasteiger partial charge is 0.435 e. The number of pyridine rings is 1. The first-order valence-corrected chi connectivity index (χ1v) is 7.22. The van der Waals surface area contributed by atoms with Gasteiger partial charge in [0.05, 0.1) is 24.6 Å². The van der Waals surface area contributed by atoms with Crippen molar-refractivity contribution in [3.8, 4) is 23.0 Å². The average Bonchev–Trinajstić information content (AvgIpc) is 3.18. The molecular weight excluding hydrogens is 353 g/mol. The van der Waals surface area contributed by atoms with Crippen LogP contribution >= 0.6 is 0 Å². The van der Waals surface area contributed by atoms with E-state index in [9.17, 15) is 18.0 Å². The van der Waals surface area contributed by atoms with Crippen LogP contribution in [0.2, 0.25) is 0 Å². The highest BCUT2D eigenvalue weighted by atomic mass is 19.4. The summed E-state index contributed by atoms with van der Waals surface area (Å²) in [6, 6.07) is 4.61. The number of amides is 1. The minimum Gasteiger partial charge on any atom is -0.481 e. The summed E-state index contributed by atoms with van der Waals surface area (Å²) in [5, 5.41) is 3.62. The Balaban J connectivity index is 2.19. The van der Waals surface area contributed by atoms with E-state index >= 15 is 0 Å². The minimum atomic E-state index is -4.73. The Morgan fingerprint density at radius 1 is 1.31 bits per heavy atom. The Kier molecular flexibility index (Phi) is 4.14. The van der Waals surface area contributed by atoms with Gasteiger partial charge in [0.2, 0.25) is 5.88 Å². The number of nitrogens with zero attached hydrogens (tertiary/aromatic N) is 5. The van der Waals surface area contributed by atoms with Crippen LogP contribution in [-0.2, 0) is 13.2 Å². The van der Waals surface area contributed by atoms with Crippen LogP contribution in [0.15, 0.2) is 30.6 Å². The summed E-state index contributed by atoms with van der Waals surface area (Å²) in [5.41, 5.74) is 3.81. The van der Waals surface area contributed by atoms with E-state index in [1.54, 1.807) is 12.1 Å². The number of hydrogen-bond donors (Lipinski definition) is 1. The van der Waals surface area contributed by atoms with Crippen molar-refractivity contribution in [3.63, 3.8) is 0 Å². The lowest BCUT2D eigenvalue weighted by molar-refractivity contribution is -0.140. The standard InChI is InChI=1S/C15H13F3N6O2/c1-23-9(6-20-14(23)13(19)25)8-7-24(22-12(8)15(16,17)18)10-4-3-5-11(21-10)26-2/h3-7H,1-2H3,(H2,19,25). The SMILES string of the molecule is COc1cccc(-n2cc(-c3cnc(C(N)=O)n3C)c(C(F)(F)F)n2)n1. The van der Waals surface area contributed by atoms with E-state index in [0.29, 0.717) is 0 Å². The van der Waals surface area contributed by atoms with Gasteiger partial charge in [-0.05, 0) is 6.07 Å². The number of carbonyl (C=O) groups excluding carboxylic acids is 1. The van der Waals surface area contributed by atoms with Gasteiger partial charge in [-0.2, -0.15) is 23.3 Å². The molecule has 0 bridgehead atoms. The van der Waals surface area contributed by atoms with E-state index < -0.39 is 17.8 Å². The van der Waals surface area contributed by atoms with Crippen LogP contribution in [-0.4, -0.2) is 37.3 Å². The maximum atomic E-state index is 13.5. The van der Waals surface area contributed by atoms with Crippen molar-refractivity contribution < 1.29 is 22.7 Å². The lowest BCUT2D eigenvalue weighted by atomic mass is 10.2. The number of ether oxygens (including phenoxy) is 1. The number of nitrogens with two attached hydrogens (primary N) is 1. The van der Waals surface area contributed by atoms with Gasteiger partial charge in [-0.25, -0.2) is 9.67 Å². The second kappa shape index (κ2) is 6.17. The molecule has 26 heavy (non-hydrogen) atoms. The normalized spacial score (nSPS) is 11.6. The van der Waals surface area contributed by atoms with Gasteiger partial charge in [-0.1, -0.05) is 6.07 Å². The molecule has 1 amide bonds. The number of halogens is 3. The zero-order valence-corrected chi connectivity index (χ0v) is 13.7. The summed E-state index contributed by atoms with van der Waals surface area (Å²) in [7, 11) is 2.78. The quantitative estimate of drug-likeness (QED) is 0.759. The lowest BCUT2D eigenvalue weighted by Gasteiger charge is -2.07. The predicted octanol–water partition coefficient (Wildman–Crippen LogP) is 1.79. The molecule has 0 aliphatic carbocycles. The highest BCUT2D eigenvalue weighted by molar-refractivity contribution is 5.90. The van der Waals surface area contributed by atoms with Gasteiger partial charge in [-0.15, -0.1) is 0 Å². The van der Waals surface area contributed by atoms with Gasteiger partial charge in [-0.3, -0.25) is 4.79 Å². The summed E-state index contributed by atoms with van der Waals surface area (Å²) in [6.07, 6.45) is -2.43. The van der Waals surface area contributed by atoms with Crippen molar-refractivity contribution in [1.82, 2.24) is 24.3 Å². The van der Waals surface area contributed by atoms with E-state index in [2.05, 4.69) is 15.1 Å². The van der Waals surface area contributed by atoms with E-state index in [1.165, 1.54) is 24.8 Å². The summed E-state index contributed by atoms with van der Waals surface area (Å²) in [4.78, 5) is 19.2. The van der Waals surface area contributed by atoms with Crippen molar-refractivity contribution in [2.45, 2.75) is 6.18 Å². The van der Waals surface area contributed by atoms with Crippen molar-refractivity contribution in [2.24, 2.45) is 12.8 Å². The molecule has 3 aromatic heterocycles. The first-order valence-electron chi connectivity index (χ1n) is 7.22. The third-order valence-electron chi connectivity index (χ3n) is 3.62. The zero-order chi connectivity index (χ0) is 19.1. The van der Waals surface area contributed by atoms with Gasteiger partial charge in [0.1, 0.15) is 0 Å². The molecule has 11 heteroatoms. The Labute approximate surface area is 145 Å². The van der Waals surface area contributed by atoms with E-state index in [0.717, 1.165) is 17.1 Å². The van der Waals surface area contributed by atoms with E-state index in [4.69, 9.17) is 10.5 Å². The molecule has 0 radical (unpaired) electrons. The molecule has 0 aliphatic heterocycles. The van der Waals surface area contributed by atoms with Gasteiger partial charge in [0.25, 0.3) is 5.91 Å².